The van der Waals surface area contributed by atoms with Gasteiger partial charge in [-0.3, -0.25) is 14.4 Å². The first-order valence-electron chi connectivity index (χ1n) is 11.4. The van der Waals surface area contributed by atoms with Crippen molar-refractivity contribution in [3.8, 4) is 0 Å². The van der Waals surface area contributed by atoms with E-state index in [0.717, 1.165) is 35.4 Å². The van der Waals surface area contributed by atoms with Crippen LogP contribution >= 0.6 is 11.3 Å². The number of carbonyl (C=O) groups is 3. The van der Waals surface area contributed by atoms with E-state index in [9.17, 15) is 14.4 Å². The topological polar surface area (TPSA) is 108 Å². The van der Waals surface area contributed by atoms with Crippen molar-refractivity contribution in [3.05, 3.63) is 70.2 Å². The number of hydrogen-bond donors (Lipinski definition) is 2. The van der Waals surface area contributed by atoms with Crippen LogP contribution in [0.1, 0.15) is 38.0 Å². The number of anilines is 2. The van der Waals surface area contributed by atoms with Crippen molar-refractivity contribution >= 4 is 40.4 Å². The molecule has 182 valence electrons. The number of piperidine rings is 1. The molecule has 10 heteroatoms. The largest absolute Gasteiger partial charge is 0.378 e. The average molecular weight is 493 g/mol. The van der Waals surface area contributed by atoms with E-state index in [2.05, 4.69) is 20.8 Å². The van der Waals surface area contributed by atoms with Crippen LogP contribution in [-0.4, -0.2) is 60.0 Å². The lowest BCUT2D eigenvalue weighted by molar-refractivity contribution is -0.126. The second kappa shape index (κ2) is 11.1. The molecular weight excluding hydrogens is 464 g/mol. The molecule has 0 saturated carbocycles. The molecule has 9 nitrogen and oxygen atoms in total. The molecule has 1 atom stereocenters. The van der Waals surface area contributed by atoms with Gasteiger partial charge in [0.15, 0.2) is 0 Å². The van der Waals surface area contributed by atoms with Crippen LogP contribution < -0.4 is 15.5 Å². The van der Waals surface area contributed by atoms with Crippen LogP contribution in [0.5, 0.6) is 0 Å². The van der Waals surface area contributed by atoms with Crippen LogP contribution in [0.15, 0.2) is 54.6 Å². The minimum absolute atomic E-state index is 0.0700. The first-order valence-corrected chi connectivity index (χ1v) is 12.3. The Morgan fingerprint density at radius 1 is 1.03 bits per heavy atom. The maximum atomic E-state index is 13.0. The van der Waals surface area contributed by atoms with Crippen molar-refractivity contribution in [2.75, 3.05) is 37.4 Å². The zero-order valence-electron chi connectivity index (χ0n) is 19.7. The monoisotopic (exact) mass is 492 g/mol. The zero-order valence-corrected chi connectivity index (χ0v) is 20.5. The van der Waals surface area contributed by atoms with Gasteiger partial charge in [0.1, 0.15) is 0 Å². The fourth-order valence-electron chi connectivity index (χ4n) is 3.86. The van der Waals surface area contributed by atoms with Crippen molar-refractivity contribution in [2.24, 2.45) is 5.92 Å². The van der Waals surface area contributed by atoms with Crippen LogP contribution in [0.2, 0.25) is 0 Å². The third-order valence-corrected chi connectivity index (χ3v) is 6.74. The third kappa shape index (κ3) is 6.21. The van der Waals surface area contributed by atoms with Gasteiger partial charge in [0.05, 0.1) is 5.92 Å². The number of nitrogens with one attached hydrogen (secondary N) is 2. The van der Waals surface area contributed by atoms with E-state index in [1.165, 1.54) is 0 Å². The van der Waals surface area contributed by atoms with Crippen LogP contribution in [0, 0.1) is 5.92 Å². The SMILES string of the molecule is CN(C)c1ccc(CNC(=O)[C@@H]2CCCN(C(=O)c3nnc(C(=O)Nc4ccccc4)s3)C2)cc1. The number of para-hydroxylation sites is 1. The van der Waals surface area contributed by atoms with Gasteiger partial charge < -0.3 is 20.4 Å². The third-order valence-electron chi connectivity index (χ3n) is 5.83. The number of hydrogen-bond acceptors (Lipinski definition) is 7. The van der Waals surface area contributed by atoms with Crippen molar-refractivity contribution in [2.45, 2.75) is 19.4 Å². The molecule has 3 amide bonds. The average Bonchev–Trinajstić information content (AvgIpc) is 3.38. The molecule has 0 bridgehead atoms. The quantitative estimate of drug-likeness (QED) is 0.525. The summed E-state index contributed by atoms with van der Waals surface area (Å²) in [5.41, 5.74) is 2.75. The summed E-state index contributed by atoms with van der Waals surface area (Å²) in [4.78, 5) is 41.8. The number of amides is 3. The Bertz CT molecular complexity index is 1180. The molecule has 0 spiro atoms. The van der Waals surface area contributed by atoms with Gasteiger partial charge in [-0.05, 0) is 42.7 Å². The van der Waals surface area contributed by atoms with Crippen LogP contribution in [0.4, 0.5) is 11.4 Å². The van der Waals surface area contributed by atoms with E-state index in [0.29, 0.717) is 25.3 Å². The van der Waals surface area contributed by atoms with Gasteiger partial charge in [0.25, 0.3) is 11.8 Å². The number of benzene rings is 2. The minimum atomic E-state index is -0.415. The Kier molecular flexibility index (Phi) is 7.71. The van der Waals surface area contributed by atoms with Crippen LogP contribution in [0.25, 0.3) is 0 Å². The number of carbonyl (C=O) groups excluding carboxylic acids is 3. The number of nitrogens with zero attached hydrogens (tertiary/aromatic N) is 4. The highest BCUT2D eigenvalue weighted by atomic mass is 32.1. The van der Waals surface area contributed by atoms with Gasteiger partial charge in [0, 0.05) is 45.1 Å². The van der Waals surface area contributed by atoms with Crippen molar-refractivity contribution in [1.82, 2.24) is 20.4 Å². The van der Waals surface area contributed by atoms with E-state index in [4.69, 9.17) is 0 Å². The molecule has 2 aromatic carbocycles. The molecule has 1 fully saturated rings. The molecule has 0 radical (unpaired) electrons. The molecule has 1 aliphatic heterocycles. The van der Waals surface area contributed by atoms with Crippen LogP contribution in [0.3, 0.4) is 0 Å². The molecule has 0 unspecified atom stereocenters. The smallest absolute Gasteiger partial charge is 0.286 e. The number of rotatable bonds is 7. The Balaban J connectivity index is 1.31. The second-order valence-corrected chi connectivity index (χ2v) is 9.58. The molecule has 35 heavy (non-hydrogen) atoms. The molecule has 1 aromatic heterocycles. The van der Waals surface area contributed by atoms with Gasteiger partial charge >= 0.3 is 0 Å². The Labute approximate surface area is 208 Å². The van der Waals surface area contributed by atoms with E-state index in [-0.39, 0.29) is 27.7 Å². The standard InChI is InChI=1S/C25H28N6O3S/c1-30(2)20-12-10-17(11-13-20)15-26-21(32)18-7-6-14-31(16-18)25(34)24-29-28-23(35-24)22(33)27-19-8-4-3-5-9-19/h3-5,8-13,18H,6-7,14-16H2,1-2H3,(H,26,32)(H,27,33)/t18-/m1/s1. The van der Waals surface area contributed by atoms with E-state index in [1.54, 1.807) is 17.0 Å². The minimum Gasteiger partial charge on any atom is -0.378 e. The molecular formula is C25H28N6O3S. The zero-order chi connectivity index (χ0) is 24.8. The molecule has 0 aliphatic carbocycles. The molecule has 3 aromatic rings. The summed E-state index contributed by atoms with van der Waals surface area (Å²) >= 11 is 0.953. The van der Waals surface area contributed by atoms with E-state index >= 15 is 0 Å². The second-order valence-electron chi connectivity index (χ2n) is 8.60. The van der Waals surface area contributed by atoms with Gasteiger partial charge in [-0.15, -0.1) is 10.2 Å². The summed E-state index contributed by atoms with van der Waals surface area (Å²) in [6.45, 7) is 1.29. The predicted octanol–water partition coefficient (Wildman–Crippen LogP) is 3.03. The highest BCUT2D eigenvalue weighted by Gasteiger charge is 2.30. The predicted molar refractivity (Wildman–Crippen MR) is 136 cm³/mol. The normalized spacial score (nSPS) is 15.4. The number of aromatic nitrogens is 2. The highest BCUT2D eigenvalue weighted by molar-refractivity contribution is 7.15. The molecule has 2 N–H and O–H groups in total. The maximum absolute atomic E-state index is 13.0. The summed E-state index contributed by atoms with van der Waals surface area (Å²) in [5.74, 6) is -1.08. The van der Waals surface area contributed by atoms with Crippen molar-refractivity contribution in [1.29, 1.82) is 0 Å². The Morgan fingerprint density at radius 2 is 1.74 bits per heavy atom. The lowest BCUT2D eigenvalue weighted by atomic mass is 9.97. The summed E-state index contributed by atoms with van der Waals surface area (Å²) in [6.07, 6.45) is 1.44. The molecule has 2 heterocycles. The van der Waals surface area contributed by atoms with Gasteiger partial charge in [-0.25, -0.2) is 0 Å². The first-order chi connectivity index (χ1) is 16.9. The molecule has 1 saturated heterocycles. The fraction of sp³-hybridized carbons (Fsp3) is 0.320. The molecule has 4 rings (SSSR count). The number of likely N-dealkylation sites (tertiary alicyclic amines) is 1. The van der Waals surface area contributed by atoms with Gasteiger partial charge in [-0.1, -0.05) is 41.7 Å². The van der Waals surface area contributed by atoms with E-state index < -0.39 is 5.91 Å². The highest BCUT2D eigenvalue weighted by Crippen LogP contribution is 2.21. The summed E-state index contributed by atoms with van der Waals surface area (Å²) < 4.78 is 0. The van der Waals surface area contributed by atoms with Gasteiger partial charge in [0.2, 0.25) is 15.9 Å². The lowest BCUT2D eigenvalue weighted by Crippen LogP contribution is -2.45. The summed E-state index contributed by atoms with van der Waals surface area (Å²) in [6, 6.07) is 17.0. The van der Waals surface area contributed by atoms with Crippen molar-refractivity contribution in [3.63, 3.8) is 0 Å². The summed E-state index contributed by atoms with van der Waals surface area (Å²) in [5, 5.41) is 13.8. The Morgan fingerprint density at radius 3 is 2.46 bits per heavy atom. The fourth-order valence-corrected chi connectivity index (χ4v) is 4.57. The lowest BCUT2D eigenvalue weighted by Gasteiger charge is -2.31. The van der Waals surface area contributed by atoms with Crippen molar-refractivity contribution < 1.29 is 14.4 Å². The first kappa shape index (κ1) is 24.3. The Hall–Kier alpha value is -3.79. The maximum Gasteiger partial charge on any atom is 0.286 e. The molecule has 1 aliphatic rings. The van der Waals surface area contributed by atoms with Gasteiger partial charge in [-0.2, -0.15) is 0 Å². The van der Waals surface area contributed by atoms with E-state index in [1.807, 2.05) is 61.5 Å². The summed E-state index contributed by atoms with van der Waals surface area (Å²) in [7, 11) is 3.96. The van der Waals surface area contributed by atoms with Crippen LogP contribution in [-0.2, 0) is 11.3 Å².